The van der Waals surface area contributed by atoms with E-state index in [0.717, 1.165) is 17.2 Å². The normalized spacial score (nSPS) is 12.2. The third-order valence-electron chi connectivity index (χ3n) is 2.54. The Morgan fingerprint density at radius 3 is 2.71 bits per heavy atom. The molecule has 0 aliphatic heterocycles. The summed E-state index contributed by atoms with van der Waals surface area (Å²) in [6.07, 6.45) is 5.25. The quantitative estimate of drug-likeness (QED) is 0.834. The van der Waals surface area contributed by atoms with E-state index in [1.165, 1.54) is 0 Å². The molecule has 0 saturated carbocycles. The first kappa shape index (κ1) is 11.4. The molecular formula is C11H16N6. The van der Waals surface area contributed by atoms with Crippen molar-refractivity contribution in [1.82, 2.24) is 19.7 Å². The van der Waals surface area contributed by atoms with Crippen LogP contribution in [0.5, 0.6) is 0 Å². The minimum atomic E-state index is 0.0800. The first-order chi connectivity index (χ1) is 8.20. The van der Waals surface area contributed by atoms with Crippen molar-refractivity contribution in [3.05, 3.63) is 30.6 Å². The van der Waals surface area contributed by atoms with Gasteiger partial charge in [-0.2, -0.15) is 0 Å². The Morgan fingerprint density at radius 1 is 1.29 bits per heavy atom. The summed E-state index contributed by atoms with van der Waals surface area (Å²) in [6.45, 7) is 2.04. The van der Waals surface area contributed by atoms with Gasteiger partial charge in [0.2, 0.25) is 0 Å². The van der Waals surface area contributed by atoms with Crippen molar-refractivity contribution in [1.29, 1.82) is 0 Å². The molecule has 1 unspecified atom stereocenters. The number of hydrogen-bond acceptors (Lipinski definition) is 5. The van der Waals surface area contributed by atoms with Gasteiger partial charge < -0.3 is 15.2 Å². The van der Waals surface area contributed by atoms with Crippen molar-refractivity contribution < 1.29 is 0 Å². The average molecular weight is 232 g/mol. The van der Waals surface area contributed by atoms with Crippen LogP contribution in [0.25, 0.3) is 0 Å². The lowest BCUT2D eigenvalue weighted by atomic mass is 10.3. The summed E-state index contributed by atoms with van der Waals surface area (Å²) in [6, 6.07) is 2.08. The highest BCUT2D eigenvalue weighted by Gasteiger charge is 2.11. The smallest absolute Gasteiger partial charge is 0.154 e. The summed E-state index contributed by atoms with van der Waals surface area (Å²) in [5.41, 5.74) is 1.92. The van der Waals surface area contributed by atoms with E-state index in [-0.39, 0.29) is 6.04 Å². The van der Waals surface area contributed by atoms with E-state index in [1.807, 2.05) is 31.7 Å². The number of pyridine rings is 1. The van der Waals surface area contributed by atoms with E-state index >= 15 is 0 Å². The number of nitrogens with zero attached hydrogens (tertiary/aromatic N) is 4. The number of nitrogens with one attached hydrogen (secondary N) is 2. The second-order valence-electron chi connectivity index (χ2n) is 3.88. The van der Waals surface area contributed by atoms with Crippen LogP contribution in [-0.2, 0) is 7.05 Å². The van der Waals surface area contributed by atoms with Crippen LogP contribution in [0.3, 0.4) is 0 Å². The number of hydrogen-bond donors (Lipinski definition) is 2. The van der Waals surface area contributed by atoms with Crippen LogP contribution in [0.15, 0.2) is 24.8 Å². The number of aryl methyl sites for hydroxylation is 1. The molecule has 0 spiro atoms. The minimum absolute atomic E-state index is 0.0800. The highest BCUT2D eigenvalue weighted by Crippen LogP contribution is 2.18. The lowest BCUT2D eigenvalue weighted by Crippen LogP contribution is -2.12. The van der Waals surface area contributed by atoms with Crippen LogP contribution in [0.1, 0.15) is 18.8 Å². The standard InChI is InChI=1S/C11H16N6/c1-8(11-16-14-7-17(11)3)15-10-4-9(12-2)5-13-6-10/h4-8,12,15H,1-3H3. The molecule has 0 amide bonds. The van der Waals surface area contributed by atoms with Crippen LogP contribution in [0, 0.1) is 0 Å². The molecule has 0 aliphatic rings. The van der Waals surface area contributed by atoms with E-state index in [0.29, 0.717) is 0 Å². The number of rotatable bonds is 4. The Bertz CT molecular complexity index is 492. The fourth-order valence-corrected chi connectivity index (χ4v) is 1.65. The lowest BCUT2D eigenvalue weighted by Gasteiger charge is -2.14. The van der Waals surface area contributed by atoms with Gasteiger partial charge in [-0.3, -0.25) is 4.98 Å². The summed E-state index contributed by atoms with van der Waals surface area (Å²) in [5, 5.41) is 14.3. The Labute approximate surface area is 100 Å². The van der Waals surface area contributed by atoms with Crippen LogP contribution in [-0.4, -0.2) is 26.8 Å². The van der Waals surface area contributed by atoms with Gasteiger partial charge in [-0.25, -0.2) is 0 Å². The van der Waals surface area contributed by atoms with Crippen molar-refractivity contribution in [2.24, 2.45) is 7.05 Å². The molecule has 0 saturated heterocycles. The highest BCUT2D eigenvalue weighted by molar-refractivity contribution is 5.54. The molecule has 0 bridgehead atoms. The van der Waals surface area contributed by atoms with E-state index in [1.54, 1.807) is 18.7 Å². The zero-order valence-electron chi connectivity index (χ0n) is 10.2. The summed E-state index contributed by atoms with van der Waals surface area (Å²) in [5.74, 6) is 0.889. The molecule has 1 atom stereocenters. The Balaban J connectivity index is 2.13. The largest absolute Gasteiger partial charge is 0.387 e. The van der Waals surface area contributed by atoms with Gasteiger partial charge in [-0.15, -0.1) is 10.2 Å². The van der Waals surface area contributed by atoms with Crippen molar-refractivity contribution >= 4 is 11.4 Å². The van der Waals surface area contributed by atoms with Gasteiger partial charge in [0.15, 0.2) is 5.82 Å². The monoisotopic (exact) mass is 232 g/mol. The van der Waals surface area contributed by atoms with Gasteiger partial charge in [0.05, 0.1) is 29.8 Å². The van der Waals surface area contributed by atoms with E-state index in [2.05, 4.69) is 25.8 Å². The summed E-state index contributed by atoms with van der Waals surface area (Å²) in [7, 11) is 3.79. The third-order valence-corrected chi connectivity index (χ3v) is 2.54. The second-order valence-corrected chi connectivity index (χ2v) is 3.88. The van der Waals surface area contributed by atoms with Crippen molar-refractivity contribution in [2.45, 2.75) is 13.0 Å². The fraction of sp³-hybridized carbons (Fsp3) is 0.364. The molecule has 90 valence electrons. The molecule has 6 nitrogen and oxygen atoms in total. The maximum absolute atomic E-state index is 4.14. The molecule has 0 aromatic carbocycles. The molecule has 2 heterocycles. The maximum atomic E-state index is 4.14. The molecule has 2 aromatic rings. The van der Waals surface area contributed by atoms with Gasteiger partial charge >= 0.3 is 0 Å². The predicted octanol–water partition coefficient (Wildman–Crippen LogP) is 1.42. The van der Waals surface area contributed by atoms with E-state index in [9.17, 15) is 0 Å². The maximum Gasteiger partial charge on any atom is 0.154 e. The van der Waals surface area contributed by atoms with Crippen LogP contribution in [0.2, 0.25) is 0 Å². The van der Waals surface area contributed by atoms with Gasteiger partial charge in [0.1, 0.15) is 6.33 Å². The summed E-state index contributed by atoms with van der Waals surface area (Å²) < 4.78 is 1.90. The first-order valence-corrected chi connectivity index (χ1v) is 5.44. The Kier molecular flexibility index (Phi) is 3.22. The molecule has 0 aliphatic carbocycles. The molecule has 0 radical (unpaired) electrons. The van der Waals surface area contributed by atoms with Crippen molar-refractivity contribution in [3.63, 3.8) is 0 Å². The zero-order chi connectivity index (χ0) is 12.3. The lowest BCUT2D eigenvalue weighted by molar-refractivity contribution is 0.719. The summed E-state index contributed by atoms with van der Waals surface area (Å²) >= 11 is 0. The predicted molar refractivity (Wildman–Crippen MR) is 66.8 cm³/mol. The average Bonchev–Trinajstić information content (AvgIpc) is 2.76. The van der Waals surface area contributed by atoms with Crippen LogP contribution >= 0.6 is 0 Å². The van der Waals surface area contributed by atoms with Gasteiger partial charge in [0, 0.05) is 14.1 Å². The Hall–Kier alpha value is -2.11. The van der Waals surface area contributed by atoms with Crippen LogP contribution < -0.4 is 10.6 Å². The minimum Gasteiger partial charge on any atom is -0.387 e. The van der Waals surface area contributed by atoms with E-state index < -0.39 is 0 Å². The van der Waals surface area contributed by atoms with Crippen molar-refractivity contribution in [3.8, 4) is 0 Å². The number of anilines is 2. The molecule has 17 heavy (non-hydrogen) atoms. The van der Waals surface area contributed by atoms with Gasteiger partial charge in [-0.05, 0) is 13.0 Å². The van der Waals surface area contributed by atoms with Crippen molar-refractivity contribution in [2.75, 3.05) is 17.7 Å². The van der Waals surface area contributed by atoms with Crippen LogP contribution in [0.4, 0.5) is 11.4 Å². The van der Waals surface area contributed by atoms with Gasteiger partial charge in [-0.1, -0.05) is 0 Å². The third kappa shape index (κ3) is 2.52. The molecule has 6 heteroatoms. The molecule has 2 N–H and O–H groups in total. The molecular weight excluding hydrogens is 216 g/mol. The number of aromatic nitrogens is 4. The topological polar surface area (TPSA) is 67.7 Å². The Morgan fingerprint density at radius 2 is 2.06 bits per heavy atom. The SMILES string of the molecule is CNc1cncc(NC(C)c2nncn2C)c1. The molecule has 2 aromatic heterocycles. The molecule has 2 rings (SSSR count). The first-order valence-electron chi connectivity index (χ1n) is 5.44. The second kappa shape index (κ2) is 4.82. The van der Waals surface area contributed by atoms with Gasteiger partial charge in [0.25, 0.3) is 0 Å². The fourth-order valence-electron chi connectivity index (χ4n) is 1.65. The molecule has 0 fully saturated rings. The summed E-state index contributed by atoms with van der Waals surface area (Å²) in [4.78, 5) is 4.14. The zero-order valence-corrected chi connectivity index (χ0v) is 10.2. The van der Waals surface area contributed by atoms with E-state index in [4.69, 9.17) is 0 Å². The highest BCUT2D eigenvalue weighted by atomic mass is 15.3.